The van der Waals surface area contributed by atoms with Crippen LogP contribution in [0.15, 0.2) is 22.9 Å². The summed E-state index contributed by atoms with van der Waals surface area (Å²) < 4.78 is 5.51. The molecule has 1 fully saturated rings. The van der Waals surface area contributed by atoms with Crippen molar-refractivity contribution in [2.24, 2.45) is 0 Å². The van der Waals surface area contributed by atoms with Crippen molar-refractivity contribution in [3.8, 4) is 0 Å². The molecule has 102 valence electrons. The van der Waals surface area contributed by atoms with Crippen LogP contribution in [-0.4, -0.2) is 41.5 Å². The number of methoxy groups -OCH3 is 1. The fourth-order valence-corrected chi connectivity index (χ4v) is 2.62. The number of aromatic nitrogens is 1. The summed E-state index contributed by atoms with van der Waals surface area (Å²) >= 11 is 3.29. The Balaban J connectivity index is 2.22. The van der Waals surface area contributed by atoms with E-state index in [1.807, 2.05) is 0 Å². The number of rotatable bonds is 2. The van der Waals surface area contributed by atoms with E-state index >= 15 is 0 Å². The Morgan fingerprint density at radius 2 is 2.21 bits per heavy atom. The first-order valence-electron chi connectivity index (χ1n) is 6.13. The smallest absolute Gasteiger partial charge is 0.328 e. The molecule has 2 heterocycles. The van der Waals surface area contributed by atoms with Crippen LogP contribution in [0.2, 0.25) is 0 Å². The molecule has 6 heteroatoms. The van der Waals surface area contributed by atoms with E-state index in [1.165, 1.54) is 13.3 Å². The molecule has 1 aliphatic heterocycles. The highest BCUT2D eigenvalue weighted by molar-refractivity contribution is 9.10. The Labute approximate surface area is 120 Å². The third-order valence-corrected chi connectivity index (χ3v) is 3.62. The number of amides is 1. The van der Waals surface area contributed by atoms with Crippen molar-refractivity contribution in [2.45, 2.75) is 25.3 Å². The van der Waals surface area contributed by atoms with E-state index in [2.05, 4.69) is 20.9 Å². The molecule has 2 rings (SSSR count). The molecule has 1 aliphatic rings. The van der Waals surface area contributed by atoms with E-state index in [-0.39, 0.29) is 11.9 Å². The second kappa shape index (κ2) is 6.14. The van der Waals surface area contributed by atoms with Gasteiger partial charge in [0, 0.05) is 23.4 Å². The summed E-state index contributed by atoms with van der Waals surface area (Å²) in [7, 11) is 1.35. The summed E-state index contributed by atoms with van der Waals surface area (Å²) in [5.41, 5.74) is 0.477. The molecule has 0 bridgehead atoms. The molecular weight excluding hydrogens is 312 g/mol. The summed E-state index contributed by atoms with van der Waals surface area (Å²) in [5, 5.41) is 0. The number of nitrogens with zero attached hydrogens (tertiary/aromatic N) is 2. The maximum atomic E-state index is 12.4. The molecule has 0 spiro atoms. The van der Waals surface area contributed by atoms with E-state index in [0.717, 1.165) is 17.3 Å². The SMILES string of the molecule is COC(=O)[C@H]1CCCCN1C(=O)c1cncc(Br)c1. The van der Waals surface area contributed by atoms with Crippen molar-refractivity contribution in [1.29, 1.82) is 0 Å². The van der Waals surface area contributed by atoms with Crippen LogP contribution in [-0.2, 0) is 9.53 Å². The van der Waals surface area contributed by atoms with Gasteiger partial charge in [0.1, 0.15) is 6.04 Å². The second-order valence-corrected chi connectivity index (χ2v) is 5.34. The number of carbonyl (C=O) groups excluding carboxylic acids is 2. The largest absolute Gasteiger partial charge is 0.467 e. The lowest BCUT2D eigenvalue weighted by Crippen LogP contribution is -2.48. The van der Waals surface area contributed by atoms with Crippen LogP contribution in [0.1, 0.15) is 29.6 Å². The zero-order valence-electron chi connectivity index (χ0n) is 10.6. The summed E-state index contributed by atoms with van der Waals surface area (Å²) in [4.78, 5) is 29.7. The second-order valence-electron chi connectivity index (χ2n) is 4.43. The first-order chi connectivity index (χ1) is 9.13. The normalized spacial score (nSPS) is 19.1. The van der Waals surface area contributed by atoms with Crippen LogP contribution < -0.4 is 0 Å². The zero-order chi connectivity index (χ0) is 13.8. The molecule has 1 aromatic rings. The Morgan fingerprint density at radius 3 is 2.89 bits per heavy atom. The van der Waals surface area contributed by atoms with Crippen LogP contribution in [0.25, 0.3) is 0 Å². The molecule has 19 heavy (non-hydrogen) atoms. The molecule has 0 aromatic carbocycles. The quantitative estimate of drug-likeness (QED) is 0.780. The Hall–Kier alpha value is -1.43. The van der Waals surface area contributed by atoms with E-state index in [9.17, 15) is 9.59 Å². The van der Waals surface area contributed by atoms with Crippen molar-refractivity contribution < 1.29 is 14.3 Å². The third-order valence-electron chi connectivity index (χ3n) is 3.19. The monoisotopic (exact) mass is 326 g/mol. The van der Waals surface area contributed by atoms with Gasteiger partial charge in [-0.05, 0) is 41.3 Å². The molecule has 1 amide bonds. The predicted octanol–water partition coefficient (Wildman–Crippen LogP) is 2.01. The highest BCUT2D eigenvalue weighted by Crippen LogP contribution is 2.21. The molecule has 0 saturated carbocycles. The average Bonchev–Trinajstić information content (AvgIpc) is 2.45. The lowest BCUT2D eigenvalue weighted by molar-refractivity contribution is -0.147. The van der Waals surface area contributed by atoms with Crippen LogP contribution in [0.3, 0.4) is 0 Å². The number of hydrogen-bond donors (Lipinski definition) is 0. The van der Waals surface area contributed by atoms with Gasteiger partial charge in [-0.3, -0.25) is 9.78 Å². The molecule has 1 atom stereocenters. The van der Waals surface area contributed by atoms with Crippen molar-refractivity contribution in [2.75, 3.05) is 13.7 Å². The molecule has 1 aromatic heterocycles. The van der Waals surface area contributed by atoms with Crippen molar-refractivity contribution in [1.82, 2.24) is 9.88 Å². The van der Waals surface area contributed by atoms with Gasteiger partial charge in [0.15, 0.2) is 0 Å². The standard InChI is InChI=1S/C13H15BrN2O3/c1-19-13(18)11-4-2-3-5-16(11)12(17)9-6-10(14)8-15-7-9/h6-8,11H,2-5H2,1H3/t11-/m1/s1. The lowest BCUT2D eigenvalue weighted by atomic mass is 10.0. The Kier molecular flexibility index (Phi) is 4.52. The third kappa shape index (κ3) is 3.12. The zero-order valence-corrected chi connectivity index (χ0v) is 12.2. The number of pyridine rings is 1. The highest BCUT2D eigenvalue weighted by atomic mass is 79.9. The number of esters is 1. The Morgan fingerprint density at radius 1 is 1.42 bits per heavy atom. The Bertz CT molecular complexity index is 493. The van der Waals surface area contributed by atoms with E-state index in [4.69, 9.17) is 4.74 Å². The predicted molar refractivity (Wildman–Crippen MR) is 72.6 cm³/mol. The molecule has 0 unspecified atom stereocenters. The van der Waals surface area contributed by atoms with Crippen molar-refractivity contribution in [3.05, 3.63) is 28.5 Å². The van der Waals surface area contributed by atoms with Gasteiger partial charge >= 0.3 is 5.97 Å². The summed E-state index contributed by atoms with van der Waals surface area (Å²) in [5.74, 6) is -0.528. The highest BCUT2D eigenvalue weighted by Gasteiger charge is 2.33. The maximum Gasteiger partial charge on any atom is 0.328 e. The fourth-order valence-electron chi connectivity index (χ4n) is 2.25. The fraction of sp³-hybridized carbons (Fsp3) is 0.462. The van der Waals surface area contributed by atoms with Gasteiger partial charge in [0.2, 0.25) is 0 Å². The van der Waals surface area contributed by atoms with Gasteiger partial charge in [-0.25, -0.2) is 4.79 Å². The van der Waals surface area contributed by atoms with Crippen molar-refractivity contribution in [3.63, 3.8) is 0 Å². The van der Waals surface area contributed by atoms with Crippen LogP contribution in [0.5, 0.6) is 0 Å². The van der Waals surface area contributed by atoms with Gasteiger partial charge in [-0.15, -0.1) is 0 Å². The van der Waals surface area contributed by atoms with E-state index < -0.39 is 6.04 Å². The molecule has 0 aliphatic carbocycles. The first-order valence-corrected chi connectivity index (χ1v) is 6.92. The lowest BCUT2D eigenvalue weighted by Gasteiger charge is -2.33. The van der Waals surface area contributed by atoms with Crippen LogP contribution in [0.4, 0.5) is 0 Å². The summed E-state index contributed by atoms with van der Waals surface area (Å²) in [6.45, 7) is 0.575. The molecule has 0 radical (unpaired) electrons. The number of carbonyl (C=O) groups is 2. The molecule has 5 nitrogen and oxygen atoms in total. The number of halogens is 1. The summed E-state index contributed by atoms with van der Waals surface area (Å²) in [6, 6.07) is 1.23. The number of hydrogen-bond acceptors (Lipinski definition) is 4. The van der Waals surface area contributed by atoms with Gasteiger partial charge in [0.05, 0.1) is 12.7 Å². The minimum absolute atomic E-state index is 0.177. The number of likely N-dealkylation sites (tertiary alicyclic amines) is 1. The summed E-state index contributed by atoms with van der Waals surface area (Å²) in [6.07, 6.45) is 5.61. The van der Waals surface area contributed by atoms with Gasteiger partial charge in [0.25, 0.3) is 5.91 Å². The average molecular weight is 327 g/mol. The van der Waals surface area contributed by atoms with E-state index in [1.54, 1.807) is 17.2 Å². The minimum atomic E-state index is -0.481. The molecule has 1 saturated heterocycles. The van der Waals surface area contributed by atoms with Crippen LogP contribution >= 0.6 is 15.9 Å². The van der Waals surface area contributed by atoms with Gasteiger partial charge in [-0.1, -0.05) is 0 Å². The topological polar surface area (TPSA) is 59.5 Å². The maximum absolute atomic E-state index is 12.4. The first kappa shape index (κ1) is 14.0. The molecule has 0 N–H and O–H groups in total. The van der Waals surface area contributed by atoms with Crippen molar-refractivity contribution >= 4 is 27.8 Å². The number of ether oxygens (including phenoxy) is 1. The number of piperidine rings is 1. The van der Waals surface area contributed by atoms with Gasteiger partial charge < -0.3 is 9.64 Å². The van der Waals surface area contributed by atoms with Gasteiger partial charge in [-0.2, -0.15) is 0 Å². The van der Waals surface area contributed by atoms with Crippen LogP contribution in [0, 0.1) is 0 Å². The molecular formula is C13H15BrN2O3. The van der Waals surface area contributed by atoms with E-state index in [0.29, 0.717) is 18.5 Å². The minimum Gasteiger partial charge on any atom is -0.467 e.